The number of hydrogen-bond donors (Lipinski definition) is 0. The van der Waals surface area contributed by atoms with E-state index in [9.17, 15) is 0 Å². The molecule has 3 aliphatic rings. The minimum Gasteiger partial charge on any atom is -0.382 e. The molecule has 0 aromatic carbocycles. The maximum Gasteiger partial charge on any atom is 0.190 e. The standard InChI is InChI=1S/C27H50O16/c1-28-12-13-14(29-2)15(30-3)18(31-4)26(39-13)40-17-21(34-7)25(38-11)43-27(22(17)35-8)41-16-19(32-5)23(36-9)42-24(37-10)20(16)33-6/h13-27H,12H2,1-11H3/t13-,14-,15+,16?,17+,18-,19-,20+,21+,22-,23?,24+,25+,26+,27-/m0/s1. The smallest absolute Gasteiger partial charge is 0.190 e. The van der Waals surface area contributed by atoms with E-state index in [1.165, 1.54) is 56.9 Å². The van der Waals surface area contributed by atoms with Crippen molar-refractivity contribution in [2.45, 2.75) is 92.5 Å². The van der Waals surface area contributed by atoms with Crippen molar-refractivity contribution in [1.29, 1.82) is 0 Å². The van der Waals surface area contributed by atoms with Gasteiger partial charge in [0, 0.05) is 78.2 Å². The van der Waals surface area contributed by atoms with Crippen molar-refractivity contribution in [1.82, 2.24) is 0 Å². The van der Waals surface area contributed by atoms with Crippen molar-refractivity contribution in [2.75, 3.05) is 84.8 Å². The quantitative estimate of drug-likeness (QED) is 0.216. The van der Waals surface area contributed by atoms with Gasteiger partial charge in [0.15, 0.2) is 31.5 Å². The summed E-state index contributed by atoms with van der Waals surface area (Å²) in [5.41, 5.74) is 0. The van der Waals surface area contributed by atoms with Crippen LogP contribution in [0.3, 0.4) is 0 Å². The minimum atomic E-state index is -1.08. The van der Waals surface area contributed by atoms with Crippen molar-refractivity contribution in [3.05, 3.63) is 0 Å². The summed E-state index contributed by atoms with van der Waals surface area (Å²) in [6, 6.07) is 0. The predicted octanol–water partition coefficient (Wildman–Crippen LogP) is -0.463. The van der Waals surface area contributed by atoms with E-state index in [2.05, 4.69) is 0 Å². The lowest BCUT2D eigenvalue weighted by atomic mass is 9.97. The van der Waals surface area contributed by atoms with E-state index in [0.717, 1.165) is 0 Å². The van der Waals surface area contributed by atoms with Crippen LogP contribution in [0.25, 0.3) is 0 Å². The average Bonchev–Trinajstić information content (AvgIpc) is 3.03. The molecule has 0 spiro atoms. The summed E-state index contributed by atoms with van der Waals surface area (Å²) in [5, 5.41) is 0. The summed E-state index contributed by atoms with van der Waals surface area (Å²) < 4.78 is 94.2. The van der Waals surface area contributed by atoms with Gasteiger partial charge in [0.2, 0.25) is 0 Å². The number of rotatable bonds is 16. The molecule has 254 valence electrons. The monoisotopic (exact) mass is 630 g/mol. The van der Waals surface area contributed by atoms with Crippen LogP contribution in [0.1, 0.15) is 0 Å². The molecule has 3 aliphatic heterocycles. The second-order valence-corrected chi connectivity index (χ2v) is 10.1. The molecule has 2 unspecified atom stereocenters. The molecule has 3 heterocycles. The molecule has 3 rings (SSSR count). The number of methoxy groups -OCH3 is 11. The van der Waals surface area contributed by atoms with Gasteiger partial charge in [-0.2, -0.15) is 0 Å². The molecular formula is C27H50O16. The third kappa shape index (κ3) is 7.85. The minimum absolute atomic E-state index is 0.220. The molecule has 0 amide bonds. The molecule has 0 saturated carbocycles. The molecule has 16 heteroatoms. The van der Waals surface area contributed by atoms with E-state index in [4.69, 9.17) is 75.8 Å². The van der Waals surface area contributed by atoms with E-state index >= 15 is 0 Å². The van der Waals surface area contributed by atoms with E-state index < -0.39 is 92.5 Å². The first kappa shape index (κ1) is 36.8. The molecule has 3 saturated heterocycles. The van der Waals surface area contributed by atoms with Gasteiger partial charge in [-0.25, -0.2) is 0 Å². The molecule has 15 atom stereocenters. The summed E-state index contributed by atoms with van der Waals surface area (Å²) in [6.07, 6.45) is -11.7. The Hall–Kier alpha value is -0.640. The van der Waals surface area contributed by atoms with Crippen LogP contribution in [0.5, 0.6) is 0 Å². The maximum absolute atomic E-state index is 6.62. The van der Waals surface area contributed by atoms with E-state index in [1.54, 1.807) is 21.3 Å². The Morgan fingerprint density at radius 1 is 0.326 bits per heavy atom. The molecule has 0 bridgehead atoms. The number of hydrogen-bond acceptors (Lipinski definition) is 16. The van der Waals surface area contributed by atoms with Crippen LogP contribution in [0.2, 0.25) is 0 Å². The van der Waals surface area contributed by atoms with Gasteiger partial charge < -0.3 is 75.8 Å². The van der Waals surface area contributed by atoms with Gasteiger partial charge in [0.05, 0.1) is 6.61 Å². The summed E-state index contributed by atoms with van der Waals surface area (Å²) >= 11 is 0. The van der Waals surface area contributed by atoms with Crippen LogP contribution in [0, 0.1) is 0 Å². The van der Waals surface area contributed by atoms with Crippen LogP contribution in [-0.2, 0) is 75.8 Å². The van der Waals surface area contributed by atoms with Crippen LogP contribution in [0.15, 0.2) is 0 Å². The average molecular weight is 631 g/mol. The topological polar surface area (TPSA) is 148 Å². The fourth-order valence-electron chi connectivity index (χ4n) is 5.93. The van der Waals surface area contributed by atoms with Crippen molar-refractivity contribution in [2.24, 2.45) is 0 Å². The zero-order valence-electron chi connectivity index (χ0n) is 26.9. The third-order valence-corrected chi connectivity index (χ3v) is 8.01. The molecule has 0 aromatic rings. The highest BCUT2D eigenvalue weighted by Gasteiger charge is 2.56. The highest BCUT2D eigenvalue weighted by Crippen LogP contribution is 2.36. The Labute approximate surface area is 253 Å². The van der Waals surface area contributed by atoms with Crippen molar-refractivity contribution in [3.8, 4) is 0 Å². The first-order valence-electron chi connectivity index (χ1n) is 13.9. The van der Waals surface area contributed by atoms with E-state index in [-0.39, 0.29) is 6.61 Å². The highest BCUT2D eigenvalue weighted by atomic mass is 16.8. The Morgan fingerprint density at radius 3 is 1.00 bits per heavy atom. The highest BCUT2D eigenvalue weighted by molar-refractivity contribution is 4.97. The molecule has 43 heavy (non-hydrogen) atoms. The Balaban J connectivity index is 1.96. The summed E-state index contributed by atoms with van der Waals surface area (Å²) in [5.74, 6) is 0. The molecule has 0 N–H and O–H groups in total. The third-order valence-electron chi connectivity index (χ3n) is 8.01. The molecule has 0 aromatic heterocycles. The summed E-state index contributed by atoms with van der Waals surface area (Å²) in [6.45, 7) is 0.220. The summed E-state index contributed by atoms with van der Waals surface area (Å²) in [7, 11) is 16.8. The van der Waals surface area contributed by atoms with E-state index in [0.29, 0.717) is 0 Å². The normalized spacial score (nSPS) is 44.0. The van der Waals surface area contributed by atoms with Crippen molar-refractivity contribution >= 4 is 0 Å². The molecular weight excluding hydrogens is 580 g/mol. The zero-order valence-corrected chi connectivity index (χ0v) is 26.9. The van der Waals surface area contributed by atoms with E-state index in [1.807, 2.05) is 0 Å². The molecule has 0 radical (unpaired) electrons. The van der Waals surface area contributed by atoms with Gasteiger partial charge >= 0.3 is 0 Å². The fourth-order valence-corrected chi connectivity index (χ4v) is 5.93. The first-order chi connectivity index (χ1) is 20.9. The predicted molar refractivity (Wildman–Crippen MR) is 144 cm³/mol. The van der Waals surface area contributed by atoms with Crippen molar-refractivity contribution < 1.29 is 75.8 Å². The molecule has 16 nitrogen and oxygen atoms in total. The zero-order chi connectivity index (χ0) is 31.7. The van der Waals surface area contributed by atoms with Gasteiger partial charge in [0.25, 0.3) is 0 Å². The fraction of sp³-hybridized carbons (Fsp3) is 1.00. The summed E-state index contributed by atoms with van der Waals surface area (Å²) in [4.78, 5) is 0. The van der Waals surface area contributed by atoms with Crippen LogP contribution < -0.4 is 0 Å². The Bertz CT molecular complexity index is 761. The molecule has 3 fully saturated rings. The van der Waals surface area contributed by atoms with Crippen LogP contribution >= 0.6 is 0 Å². The lowest BCUT2D eigenvalue weighted by molar-refractivity contribution is -0.413. The van der Waals surface area contributed by atoms with Crippen molar-refractivity contribution in [3.63, 3.8) is 0 Å². The van der Waals surface area contributed by atoms with Crippen LogP contribution in [0.4, 0.5) is 0 Å². The molecule has 0 aliphatic carbocycles. The largest absolute Gasteiger partial charge is 0.382 e. The lowest BCUT2D eigenvalue weighted by Gasteiger charge is -2.50. The van der Waals surface area contributed by atoms with Gasteiger partial charge in [-0.15, -0.1) is 0 Å². The Morgan fingerprint density at radius 2 is 0.651 bits per heavy atom. The van der Waals surface area contributed by atoms with Gasteiger partial charge in [0.1, 0.15) is 61.0 Å². The second kappa shape index (κ2) is 17.9. The number of ether oxygens (including phenoxy) is 16. The maximum atomic E-state index is 6.62. The first-order valence-corrected chi connectivity index (χ1v) is 13.9. The van der Waals surface area contributed by atoms with Gasteiger partial charge in [-0.05, 0) is 0 Å². The lowest BCUT2D eigenvalue weighted by Crippen LogP contribution is -2.67. The second-order valence-electron chi connectivity index (χ2n) is 10.1. The Kier molecular flexibility index (Phi) is 15.3. The SMILES string of the molecule is COC[C@@H]1O[C@H](O[C@H]2[C@H](OC)[C@@H](OC3[C@H](OC)C(OC)O[C@@H](OC)[C@@H]3OC)O[C@@H](OC)[C@@H]2OC)[C@@H](OC)[C@H](OC)[C@H]1OC. The van der Waals surface area contributed by atoms with Gasteiger partial charge in [-0.1, -0.05) is 0 Å². The van der Waals surface area contributed by atoms with Gasteiger partial charge in [-0.3, -0.25) is 0 Å². The van der Waals surface area contributed by atoms with Crippen LogP contribution in [-0.4, -0.2) is 177 Å².